The molecule has 0 radical (unpaired) electrons. The first-order valence-electron chi connectivity index (χ1n) is 8.94. The topological polar surface area (TPSA) is 66.6 Å². The highest BCUT2D eigenvalue weighted by atomic mass is 16.2. The second-order valence-corrected chi connectivity index (χ2v) is 7.05. The molecule has 5 nitrogen and oxygen atoms in total. The van der Waals surface area contributed by atoms with Crippen LogP contribution in [0.25, 0.3) is 0 Å². The normalized spacial score (nSPS) is 21.5. The van der Waals surface area contributed by atoms with Crippen molar-refractivity contribution < 1.29 is 9.59 Å². The number of hydrogen-bond donors (Lipinski definition) is 1. The fraction of sp³-hybridized carbons (Fsp3) is 0.579. The number of aryl methyl sites for hydroxylation is 1. The first kappa shape index (κ1) is 17.0. The van der Waals surface area contributed by atoms with Crippen LogP contribution < -0.4 is 5.73 Å². The summed E-state index contributed by atoms with van der Waals surface area (Å²) in [5.41, 5.74) is 6.98. The van der Waals surface area contributed by atoms with Crippen molar-refractivity contribution >= 4 is 11.8 Å². The molecule has 1 aromatic rings. The van der Waals surface area contributed by atoms with Crippen LogP contribution in [0, 0.1) is 6.92 Å². The van der Waals surface area contributed by atoms with Crippen LogP contribution in [-0.2, 0) is 4.79 Å². The van der Waals surface area contributed by atoms with E-state index in [2.05, 4.69) is 4.90 Å². The van der Waals surface area contributed by atoms with Gasteiger partial charge in [0.1, 0.15) is 5.54 Å². The van der Waals surface area contributed by atoms with Crippen molar-refractivity contribution in [3.63, 3.8) is 0 Å². The van der Waals surface area contributed by atoms with Crippen LogP contribution in [0.3, 0.4) is 0 Å². The molecule has 0 aliphatic carbocycles. The number of nitrogens with two attached hydrogens (primary N) is 1. The number of rotatable bonds is 3. The number of primary amides is 1. The molecule has 2 fully saturated rings. The van der Waals surface area contributed by atoms with Gasteiger partial charge >= 0.3 is 0 Å². The third kappa shape index (κ3) is 3.05. The second-order valence-electron chi connectivity index (χ2n) is 7.05. The molecule has 1 aromatic carbocycles. The van der Waals surface area contributed by atoms with Crippen molar-refractivity contribution in [1.82, 2.24) is 9.80 Å². The summed E-state index contributed by atoms with van der Waals surface area (Å²) in [5.74, 6) is -0.169. The molecule has 0 spiro atoms. The van der Waals surface area contributed by atoms with Gasteiger partial charge in [0.15, 0.2) is 0 Å². The van der Waals surface area contributed by atoms with Gasteiger partial charge in [-0.25, -0.2) is 0 Å². The SMILES string of the molecule is Cc1ccccc1C(=O)N1CCC(C(N)=O)(N2CCCCC2)CC1. The smallest absolute Gasteiger partial charge is 0.254 e. The molecule has 2 saturated heterocycles. The van der Waals surface area contributed by atoms with E-state index in [1.807, 2.05) is 36.1 Å². The van der Waals surface area contributed by atoms with Crippen LogP contribution in [0.4, 0.5) is 0 Å². The molecule has 0 unspecified atom stereocenters. The minimum absolute atomic E-state index is 0.0600. The standard InChI is InChI=1S/C19H27N3O2/c1-15-7-3-4-8-16(15)17(23)21-13-9-19(10-14-21,18(20)24)22-11-5-2-6-12-22/h3-4,7-8H,2,5-6,9-14H2,1H3,(H2,20,24). The quantitative estimate of drug-likeness (QED) is 0.921. The third-order valence-electron chi connectivity index (χ3n) is 5.67. The van der Waals surface area contributed by atoms with E-state index in [1.165, 1.54) is 6.42 Å². The summed E-state index contributed by atoms with van der Waals surface area (Å²) in [5, 5.41) is 0. The molecule has 0 bridgehead atoms. The van der Waals surface area contributed by atoms with E-state index < -0.39 is 5.54 Å². The Morgan fingerprint density at radius 3 is 2.21 bits per heavy atom. The van der Waals surface area contributed by atoms with Gasteiger partial charge < -0.3 is 10.6 Å². The summed E-state index contributed by atoms with van der Waals surface area (Å²) in [6.07, 6.45) is 4.75. The Hall–Kier alpha value is -1.88. The van der Waals surface area contributed by atoms with Crippen LogP contribution in [0.5, 0.6) is 0 Å². The lowest BCUT2D eigenvalue weighted by Crippen LogP contribution is -2.63. The Kier molecular flexibility index (Phi) is 4.90. The van der Waals surface area contributed by atoms with Gasteiger partial charge in [0, 0.05) is 18.7 Å². The molecule has 0 atom stereocenters. The Morgan fingerprint density at radius 1 is 1.00 bits per heavy atom. The minimum Gasteiger partial charge on any atom is -0.368 e. The van der Waals surface area contributed by atoms with E-state index in [-0.39, 0.29) is 11.8 Å². The molecular weight excluding hydrogens is 302 g/mol. The molecule has 5 heteroatoms. The average molecular weight is 329 g/mol. The lowest BCUT2D eigenvalue weighted by Gasteiger charge is -2.48. The predicted molar refractivity (Wildman–Crippen MR) is 93.7 cm³/mol. The van der Waals surface area contributed by atoms with Gasteiger partial charge in [-0.2, -0.15) is 0 Å². The molecule has 24 heavy (non-hydrogen) atoms. The van der Waals surface area contributed by atoms with Gasteiger partial charge in [-0.3, -0.25) is 14.5 Å². The number of piperidine rings is 2. The van der Waals surface area contributed by atoms with Gasteiger partial charge in [0.2, 0.25) is 5.91 Å². The summed E-state index contributed by atoms with van der Waals surface area (Å²) >= 11 is 0. The predicted octanol–water partition coefficient (Wildman–Crippen LogP) is 1.94. The maximum atomic E-state index is 12.8. The molecule has 130 valence electrons. The molecule has 0 aromatic heterocycles. The van der Waals surface area contributed by atoms with Crippen LogP contribution in [0.15, 0.2) is 24.3 Å². The molecule has 3 rings (SSSR count). The molecular formula is C19H27N3O2. The lowest BCUT2D eigenvalue weighted by atomic mass is 9.83. The lowest BCUT2D eigenvalue weighted by molar-refractivity contribution is -0.134. The highest BCUT2D eigenvalue weighted by Crippen LogP contribution is 2.32. The Labute approximate surface area is 143 Å². The number of carbonyl (C=O) groups excluding carboxylic acids is 2. The average Bonchev–Trinajstić information content (AvgIpc) is 2.62. The van der Waals surface area contributed by atoms with Crippen molar-refractivity contribution in [2.75, 3.05) is 26.2 Å². The van der Waals surface area contributed by atoms with Gasteiger partial charge in [-0.05, 0) is 57.3 Å². The molecule has 2 N–H and O–H groups in total. The van der Waals surface area contributed by atoms with Gasteiger partial charge in [0.25, 0.3) is 5.91 Å². The fourth-order valence-corrected chi connectivity index (χ4v) is 4.10. The van der Waals surface area contributed by atoms with Crippen molar-refractivity contribution in [1.29, 1.82) is 0 Å². The summed E-state index contributed by atoms with van der Waals surface area (Å²) in [6, 6.07) is 7.67. The number of hydrogen-bond acceptors (Lipinski definition) is 3. The molecule has 0 saturated carbocycles. The van der Waals surface area contributed by atoms with E-state index in [9.17, 15) is 9.59 Å². The largest absolute Gasteiger partial charge is 0.368 e. The fourth-order valence-electron chi connectivity index (χ4n) is 4.10. The zero-order valence-electron chi connectivity index (χ0n) is 14.5. The zero-order valence-corrected chi connectivity index (χ0v) is 14.5. The number of carbonyl (C=O) groups is 2. The highest BCUT2D eigenvalue weighted by Gasteiger charge is 2.45. The number of nitrogens with zero attached hydrogens (tertiary/aromatic N) is 2. The summed E-state index contributed by atoms with van der Waals surface area (Å²) in [7, 11) is 0. The van der Waals surface area contributed by atoms with E-state index in [4.69, 9.17) is 5.73 Å². The number of amides is 2. The van der Waals surface area contributed by atoms with Crippen LogP contribution in [0.2, 0.25) is 0 Å². The molecule has 2 aliphatic rings. The Balaban J connectivity index is 1.72. The van der Waals surface area contributed by atoms with E-state index >= 15 is 0 Å². The first-order valence-corrected chi connectivity index (χ1v) is 8.94. The maximum Gasteiger partial charge on any atom is 0.254 e. The molecule has 2 heterocycles. The van der Waals surface area contributed by atoms with E-state index in [0.29, 0.717) is 25.9 Å². The summed E-state index contributed by atoms with van der Waals surface area (Å²) in [4.78, 5) is 29.2. The number of likely N-dealkylation sites (tertiary alicyclic amines) is 2. The zero-order chi connectivity index (χ0) is 17.2. The second kappa shape index (κ2) is 6.93. The van der Waals surface area contributed by atoms with Crippen molar-refractivity contribution in [3.05, 3.63) is 35.4 Å². The third-order valence-corrected chi connectivity index (χ3v) is 5.67. The van der Waals surface area contributed by atoms with E-state index in [0.717, 1.165) is 37.1 Å². The minimum atomic E-state index is -0.567. The van der Waals surface area contributed by atoms with Crippen LogP contribution >= 0.6 is 0 Å². The maximum absolute atomic E-state index is 12.8. The first-order chi connectivity index (χ1) is 11.5. The molecule has 2 amide bonds. The van der Waals surface area contributed by atoms with Crippen molar-refractivity contribution in [2.45, 2.75) is 44.6 Å². The van der Waals surface area contributed by atoms with Crippen LogP contribution in [-0.4, -0.2) is 53.3 Å². The van der Waals surface area contributed by atoms with Crippen LogP contribution in [0.1, 0.15) is 48.0 Å². The monoisotopic (exact) mass is 329 g/mol. The highest BCUT2D eigenvalue weighted by molar-refractivity contribution is 5.96. The van der Waals surface area contributed by atoms with Gasteiger partial charge in [-0.1, -0.05) is 24.6 Å². The number of benzene rings is 1. The Morgan fingerprint density at radius 2 is 1.62 bits per heavy atom. The van der Waals surface area contributed by atoms with Gasteiger partial charge in [0.05, 0.1) is 0 Å². The van der Waals surface area contributed by atoms with Crippen molar-refractivity contribution in [2.24, 2.45) is 5.73 Å². The van der Waals surface area contributed by atoms with Crippen molar-refractivity contribution in [3.8, 4) is 0 Å². The molecule has 2 aliphatic heterocycles. The van der Waals surface area contributed by atoms with Gasteiger partial charge in [-0.15, -0.1) is 0 Å². The summed E-state index contributed by atoms with van der Waals surface area (Å²) < 4.78 is 0. The summed E-state index contributed by atoms with van der Waals surface area (Å²) in [6.45, 7) is 5.02. The Bertz CT molecular complexity index is 615. The van der Waals surface area contributed by atoms with E-state index in [1.54, 1.807) is 0 Å².